The molecular formula is C38H41ClN4O6. The second-order valence-corrected chi connectivity index (χ2v) is 13.0. The Morgan fingerprint density at radius 1 is 0.939 bits per heavy atom. The molecule has 2 saturated heterocycles. The third-order valence-electron chi connectivity index (χ3n) is 9.06. The number of fused-ring (bicyclic) bond motifs is 1. The Hall–Kier alpha value is -4.83. The van der Waals surface area contributed by atoms with Crippen LogP contribution in [0.15, 0.2) is 82.0 Å². The first kappa shape index (κ1) is 34.0. The van der Waals surface area contributed by atoms with Gasteiger partial charge >= 0.3 is 0 Å². The summed E-state index contributed by atoms with van der Waals surface area (Å²) < 4.78 is 11.5. The summed E-state index contributed by atoms with van der Waals surface area (Å²) in [4.78, 5) is 59.1. The molecule has 4 aromatic rings. The normalized spacial score (nSPS) is 15.7. The minimum Gasteiger partial charge on any atom is -0.494 e. The highest BCUT2D eigenvalue weighted by atomic mass is 35.5. The van der Waals surface area contributed by atoms with Crippen LogP contribution in [0.25, 0.3) is 11.0 Å². The quantitative estimate of drug-likeness (QED) is 0.224. The summed E-state index contributed by atoms with van der Waals surface area (Å²) in [5, 5.41) is 3.73. The Balaban J connectivity index is 1.17. The molecule has 6 rings (SSSR count). The SMILES string of the molecule is CCCOc1ccc2oc(C(=O)N[C@H](Cc3ccc(Cl)cc3)C(=O)N3CCN(c4ccccc4CN4CCCCC4=O)CC3)cc(=O)c2c1. The molecule has 1 N–H and O–H groups in total. The van der Waals surface area contributed by atoms with Crippen LogP contribution in [0.2, 0.25) is 5.02 Å². The topological polar surface area (TPSA) is 112 Å². The summed E-state index contributed by atoms with van der Waals surface area (Å²) in [5.74, 6) is -0.316. The number of carbonyl (C=O) groups is 3. The van der Waals surface area contributed by atoms with Gasteiger partial charge in [-0.25, -0.2) is 0 Å². The molecule has 256 valence electrons. The third kappa shape index (κ3) is 8.25. The van der Waals surface area contributed by atoms with E-state index in [1.165, 1.54) is 0 Å². The van der Waals surface area contributed by atoms with Crippen molar-refractivity contribution in [2.75, 3.05) is 44.2 Å². The van der Waals surface area contributed by atoms with Crippen molar-refractivity contribution in [2.24, 2.45) is 0 Å². The van der Waals surface area contributed by atoms with Crippen LogP contribution in [0, 0.1) is 0 Å². The van der Waals surface area contributed by atoms with Crippen molar-refractivity contribution in [3.63, 3.8) is 0 Å². The maximum Gasteiger partial charge on any atom is 0.287 e. The van der Waals surface area contributed by atoms with E-state index in [-0.39, 0.29) is 35.0 Å². The fourth-order valence-corrected chi connectivity index (χ4v) is 6.54. The zero-order valence-corrected chi connectivity index (χ0v) is 28.4. The molecule has 0 spiro atoms. The van der Waals surface area contributed by atoms with E-state index in [9.17, 15) is 19.2 Å². The lowest BCUT2D eigenvalue weighted by Gasteiger charge is -2.39. The molecule has 3 aromatic carbocycles. The van der Waals surface area contributed by atoms with Crippen molar-refractivity contribution in [1.29, 1.82) is 0 Å². The molecule has 0 aliphatic carbocycles. The Morgan fingerprint density at radius 2 is 1.71 bits per heavy atom. The summed E-state index contributed by atoms with van der Waals surface area (Å²) in [5.41, 5.74) is 2.85. The van der Waals surface area contributed by atoms with Gasteiger partial charge in [-0.15, -0.1) is 0 Å². The van der Waals surface area contributed by atoms with E-state index in [0.717, 1.165) is 48.7 Å². The van der Waals surface area contributed by atoms with Crippen LogP contribution in [0.1, 0.15) is 54.3 Å². The zero-order valence-electron chi connectivity index (χ0n) is 27.7. The van der Waals surface area contributed by atoms with E-state index >= 15 is 0 Å². The second kappa shape index (κ2) is 15.6. The number of anilines is 1. The average Bonchev–Trinajstić information content (AvgIpc) is 3.12. The van der Waals surface area contributed by atoms with Crippen molar-refractivity contribution in [2.45, 2.75) is 51.6 Å². The van der Waals surface area contributed by atoms with E-state index in [2.05, 4.69) is 22.3 Å². The summed E-state index contributed by atoms with van der Waals surface area (Å²) in [7, 11) is 0. The molecule has 0 saturated carbocycles. The van der Waals surface area contributed by atoms with Crippen LogP contribution in [0.4, 0.5) is 5.69 Å². The van der Waals surface area contributed by atoms with Crippen molar-refractivity contribution in [1.82, 2.24) is 15.1 Å². The minimum absolute atomic E-state index is 0.178. The third-order valence-corrected chi connectivity index (χ3v) is 9.31. The van der Waals surface area contributed by atoms with E-state index in [4.69, 9.17) is 20.8 Å². The van der Waals surface area contributed by atoms with Crippen LogP contribution in [0.5, 0.6) is 5.75 Å². The number of benzene rings is 3. The molecule has 1 aromatic heterocycles. The molecule has 1 atom stereocenters. The Bertz CT molecular complexity index is 1870. The first-order valence-electron chi connectivity index (χ1n) is 16.9. The largest absolute Gasteiger partial charge is 0.494 e. The van der Waals surface area contributed by atoms with Gasteiger partial charge in [-0.05, 0) is 66.8 Å². The van der Waals surface area contributed by atoms with Crippen LogP contribution >= 0.6 is 11.6 Å². The fraction of sp³-hybridized carbons (Fsp3) is 0.368. The lowest BCUT2D eigenvalue weighted by Crippen LogP contribution is -2.55. The molecule has 0 bridgehead atoms. The van der Waals surface area contributed by atoms with E-state index in [0.29, 0.717) is 61.9 Å². The predicted molar refractivity (Wildman–Crippen MR) is 189 cm³/mol. The monoisotopic (exact) mass is 684 g/mol. The summed E-state index contributed by atoms with van der Waals surface area (Å²) >= 11 is 6.11. The van der Waals surface area contributed by atoms with Crippen molar-refractivity contribution < 1.29 is 23.5 Å². The van der Waals surface area contributed by atoms with Gasteiger partial charge in [0.15, 0.2) is 11.2 Å². The van der Waals surface area contributed by atoms with Gasteiger partial charge in [0.25, 0.3) is 5.91 Å². The fourth-order valence-electron chi connectivity index (χ4n) is 6.42. The van der Waals surface area contributed by atoms with Gasteiger partial charge in [0.05, 0.1) is 12.0 Å². The van der Waals surface area contributed by atoms with Crippen LogP contribution in [-0.2, 0) is 22.6 Å². The molecule has 0 unspecified atom stereocenters. The summed E-state index contributed by atoms with van der Waals surface area (Å²) in [6, 6.07) is 20.4. The average molecular weight is 685 g/mol. The van der Waals surface area contributed by atoms with Gasteiger partial charge in [0.1, 0.15) is 17.4 Å². The molecule has 10 nitrogen and oxygen atoms in total. The standard InChI is InChI=1S/C38H41ClN4O6/c1-2-21-48-29-14-15-34-30(23-29)33(44)24-35(49-34)37(46)40-31(22-26-10-12-28(39)13-11-26)38(47)42-19-17-41(18-20-42)32-8-4-3-7-27(32)25-43-16-6-5-9-36(43)45/h3-4,7-8,10-15,23-24,31H,2,5-6,9,16-22,25H2,1H3,(H,40,46)/t31-/m1/s1. The molecule has 2 aliphatic heterocycles. The van der Waals surface area contributed by atoms with Crippen LogP contribution < -0.4 is 20.4 Å². The number of likely N-dealkylation sites (tertiary alicyclic amines) is 1. The number of nitrogens with zero attached hydrogens (tertiary/aromatic N) is 3. The number of nitrogens with one attached hydrogen (secondary N) is 1. The molecule has 2 aliphatic rings. The lowest BCUT2D eigenvalue weighted by atomic mass is 10.0. The van der Waals surface area contributed by atoms with Crippen molar-refractivity contribution in [3.8, 4) is 5.75 Å². The van der Waals surface area contributed by atoms with Gasteiger partial charge in [-0.1, -0.05) is 48.9 Å². The maximum absolute atomic E-state index is 14.1. The number of piperazine rings is 1. The number of carbonyl (C=O) groups excluding carboxylic acids is 3. The Morgan fingerprint density at radius 3 is 2.47 bits per heavy atom. The number of amides is 3. The van der Waals surface area contributed by atoms with Gasteiger partial charge in [0.2, 0.25) is 11.8 Å². The smallest absolute Gasteiger partial charge is 0.287 e. The minimum atomic E-state index is -0.913. The molecule has 49 heavy (non-hydrogen) atoms. The first-order valence-corrected chi connectivity index (χ1v) is 17.3. The number of halogens is 1. The Labute approximate surface area is 290 Å². The highest BCUT2D eigenvalue weighted by Crippen LogP contribution is 2.26. The van der Waals surface area contributed by atoms with E-state index < -0.39 is 11.9 Å². The number of piperidine rings is 1. The number of hydrogen-bond donors (Lipinski definition) is 1. The van der Waals surface area contributed by atoms with Crippen molar-refractivity contribution in [3.05, 3.63) is 105 Å². The number of hydrogen-bond acceptors (Lipinski definition) is 7. The molecule has 0 radical (unpaired) electrons. The zero-order chi connectivity index (χ0) is 34.3. The number of ether oxygens (including phenoxy) is 1. The van der Waals surface area contributed by atoms with E-state index in [1.807, 2.05) is 36.1 Å². The molecule has 3 heterocycles. The second-order valence-electron chi connectivity index (χ2n) is 12.6. The molecule has 3 amide bonds. The summed E-state index contributed by atoms with van der Waals surface area (Å²) in [6.07, 6.45) is 3.61. The maximum atomic E-state index is 14.1. The van der Waals surface area contributed by atoms with Gasteiger partial charge in [0, 0.05) is 68.9 Å². The first-order chi connectivity index (χ1) is 23.8. The molecule has 2 fully saturated rings. The van der Waals surface area contributed by atoms with Crippen LogP contribution in [-0.4, -0.2) is 72.9 Å². The summed E-state index contributed by atoms with van der Waals surface area (Å²) in [6.45, 7) is 5.96. The highest BCUT2D eigenvalue weighted by molar-refractivity contribution is 6.30. The Kier molecular flexibility index (Phi) is 10.8. The van der Waals surface area contributed by atoms with E-state index in [1.54, 1.807) is 35.2 Å². The molecule has 11 heteroatoms. The highest BCUT2D eigenvalue weighted by Gasteiger charge is 2.31. The number of para-hydroxylation sites is 1. The lowest BCUT2D eigenvalue weighted by molar-refractivity contribution is -0.134. The molecular weight excluding hydrogens is 644 g/mol. The van der Waals surface area contributed by atoms with Gasteiger partial charge in [-0.2, -0.15) is 0 Å². The van der Waals surface area contributed by atoms with Gasteiger partial charge < -0.3 is 29.2 Å². The number of rotatable bonds is 11. The van der Waals surface area contributed by atoms with Crippen molar-refractivity contribution >= 4 is 46.0 Å². The predicted octanol–water partition coefficient (Wildman–Crippen LogP) is 5.44. The van der Waals surface area contributed by atoms with Gasteiger partial charge in [-0.3, -0.25) is 19.2 Å². The van der Waals surface area contributed by atoms with Crippen LogP contribution in [0.3, 0.4) is 0 Å².